The highest BCUT2D eigenvalue weighted by atomic mass is 35.5. The third kappa shape index (κ3) is 3.79. The van der Waals surface area contributed by atoms with Gasteiger partial charge in [0, 0.05) is 21.7 Å². The summed E-state index contributed by atoms with van der Waals surface area (Å²) in [6.45, 7) is 0. The third-order valence-corrected chi connectivity index (χ3v) is 5.20. The molecule has 1 aromatic heterocycles. The van der Waals surface area contributed by atoms with Crippen molar-refractivity contribution in [1.29, 1.82) is 0 Å². The number of amides is 1. The summed E-state index contributed by atoms with van der Waals surface area (Å²) in [5.41, 5.74) is 2.33. The zero-order valence-electron chi connectivity index (χ0n) is 16.4. The highest BCUT2D eigenvalue weighted by Gasteiger charge is 2.19. The predicted octanol–water partition coefficient (Wildman–Crippen LogP) is 5.99. The molecule has 0 saturated carbocycles. The van der Waals surface area contributed by atoms with Crippen LogP contribution in [0.3, 0.4) is 0 Å². The maximum absolute atomic E-state index is 13.1. The van der Waals surface area contributed by atoms with Crippen molar-refractivity contribution in [3.63, 3.8) is 0 Å². The Morgan fingerprint density at radius 2 is 1.52 bits per heavy atom. The van der Waals surface area contributed by atoms with Gasteiger partial charge in [0.25, 0.3) is 5.91 Å². The molecule has 0 spiro atoms. The van der Waals surface area contributed by atoms with E-state index in [4.69, 9.17) is 11.6 Å². The van der Waals surface area contributed by atoms with E-state index in [1.165, 1.54) is 0 Å². The van der Waals surface area contributed by atoms with Crippen LogP contribution in [0.15, 0.2) is 97.1 Å². The second-order valence-electron chi connectivity index (χ2n) is 6.99. The van der Waals surface area contributed by atoms with E-state index in [0.29, 0.717) is 16.5 Å². The van der Waals surface area contributed by atoms with Crippen molar-refractivity contribution >= 4 is 34.0 Å². The van der Waals surface area contributed by atoms with Crippen molar-refractivity contribution in [1.82, 2.24) is 14.8 Å². The molecule has 0 saturated heterocycles. The van der Waals surface area contributed by atoms with Crippen LogP contribution in [-0.4, -0.2) is 20.7 Å². The van der Waals surface area contributed by atoms with Crippen LogP contribution in [0.5, 0.6) is 0 Å². The van der Waals surface area contributed by atoms with Gasteiger partial charge in [0.05, 0.1) is 5.69 Å². The van der Waals surface area contributed by atoms with Crippen molar-refractivity contribution < 1.29 is 4.79 Å². The van der Waals surface area contributed by atoms with E-state index in [2.05, 4.69) is 15.4 Å². The number of para-hydroxylation sites is 1. The molecule has 5 rings (SSSR count). The highest BCUT2D eigenvalue weighted by molar-refractivity contribution is 6.30. The normalized spacial score (nSPS) is 10.9. The molecule has 0 radical (unpaired) electrons. The second-order valence-corrected chi connectivity index (χ2v) is 7.43. The van der Waals surface area contributed by atoms with E-state index in [1.807, 2.05) is 84.9 Å². The fraction of sp³-hybridized carbons (Fsp3) is 0. The quantitative estimate of drug-likeness (QED) is 0.385. The number of carbonyl (C=O) groups excluding carboxylic acids is 1. The van der Waals surface area contributed by atoms with Crippen LogP contribution in [0.1, 0.15) is 10.6 Å². The standard InChI is InChI=1S/C25H17ClN4O/c26-19-15-13-18(14-16-19)24-28-23(29-30(24)20-9-2-1-3-10-20)25(31)27-22-12-6-8-17-7-4-5-11-21(17)22/h1-16H,(H,27,31). The molecular weight excluding hydrogens is 408 g/mol. The minimum atomic E-state index is -0.374. The first-order valence-corrected chi connectivity index (χ1v) is 10.1. The van der Waals surface area contributed by atoms with E-state index in [0.717, 1.165) is 22.0 Å². The summed E-state index contributed by atoms with van der Waals surface area (Å²) < 4.78 is 1.67. The van der Waals surface area contributed by atoms with Crippen molar-refractivity contribution in [2.45, 2.75) is 0 Å². The molecule has 1 heterocycles. The van der Waals surface area contributed by atoms with E-state index in [-0.39, 0.29) is 11.7 Å². The first-order valence-electron chi connectivity index (χ1n) is 9.76. The van der Waals surface area contributed by atoms with Crippen LogP contribution < -0.4 is 5.32 Å². The molecule has 0 fully saturated rings. The average Bonchev–Trinajstić information content (AvgIpc) is 3.26. The molecule has 4 aromatic carbocycles. The molecule has 150 valence electrons. The van der Waals surface area contributed by atoms with Gasteiger partial charge in [-0.3, -0.25) is 4.79 Å². The first-order chi connectivity index (χ1) is 15.2. The molecule has 0 aliphatic carbocycles. The van der Waals surface area contributed by atoms with Crippen molar-refractivity contribution in [2.75, 3.05) is 5.32 Å². The Morgan fingerprint density at radius 3 is 2.32 bits per heavy atom. The van der Waals surface area contributed by atoms with Crippen molar-refractivity contribution in [3.05, 3.63) is 108 Å². The van der Waals surface area contributed by atoms with Gasteiger partial charge in [-0.2, -0.15) is 0 Å². The Kier molecular flexibility index (Phi) is 4.94. The zero-order valence-corrected chi connectivity index (χ0v) is 17.1. The lowest BCUT2D eigenvalue weighted by Crippen LogP contribution is -2.14. The molecule has 5 nitrogen and oxygen atoms in total. The highest BCUT2D eigenvalue weighted by Crippen LogP contribution is 2.25. The van der Waals surface area contributed by atoms with Crippen LogP contribution in [0.25, 0.3) is 27.8 Å². The van der Waals surface area contributed by atoms with Crippen LogP contribution in [-0.2, 0) is 0 Å². The van der Waals surface area contributed by atoms with Gasteiger partial charge in [0.2, 0.25) is 5.82 Å². The molecule has 0 bridgehead atoms. The number of nitrogens with zero attached hydrogens (tertiary/aromatic N) is 3. The Bertz CT molecular complexity index is 1370. The summed E-state index contributed by atoms with van der Waals surface area (Å²) in [6.07, 6.45) is 0. The number of fused-ring (bicyclic) bond motifs is 1. The fourth-order valence-electron chi connectivity index (χ4n) is 3.46. The summed E-state index contributed by atoms with van der Waals surface area (Å²) in [4.78, 5) is 17.6. The number of nitrogens with one attached hydrogen (secondary N) is 1. The van der Waals surface area contributed by atoms with E-state index >= 15 is 0 Å². The van der Waals surface area contributed by atoms with Crippen molar-refractivity contribution in [2.24, 2.45) is 0 Å². The summed E-state index contributed by atoms with van der Waals surface area (Å²) >= 11 is 6.04. The minimum absolute atomic E-state index is 0.0849. The van der Waals surface area contributed by atoms with Crippen molar-refractivity contribution in [3.8, 4) is 17.1 Å². The monoisotopic (exact) mass is 424 g/mol. The number of benzene rings is 4. The molecule has 1 amide bonds. The molecular formula is C25H17ClN4O. The van der Waals surface area contributed by atoms with E-state index < -0.39 is 0 Å². The third-order valence-electron chi connectivity index (χ3n) is 4.95. The van der Waals surface area contributed by atoms with Gasteiger partial charge < -0.3 is 5.32 Å². The number of halogens is 1. The maximum Gasteiger partial charge on any atom is 0.295 e. The lowest BCUT2D eigenvalue weighted by molar-refractivity contribution is 0.101. The molecule has 0 atom stereocenters. The fourth-order valence-corrected chi connectivity index (χ4v) is 3.58. The zero-order chi connectivity index (χ0) is 21.2. The van der Waals surface area contributed by atoms with Gasteiger partial charge in [0.15, 0.2) is 5.82 Å². The van der Waals surface area contributed by atoms with E-state index in [1.54, 1.807) is 16.8 Å². The smallest absolute Gasteiger partial charge is 0.295 e. The first kappa shape index (κ1) is 19.0. The van der Waals surface area contributed by atoms with Gasteiger partial charge in [-0.05, 0) is 47.9 Å². The second kappa shape index (κ2) is 8.05. The number of anilines is 1. The number of hydrogen-bond donors (Lipinski definition) is 1. The lowest BCUT2D eigenvalue weighted by atomic mass is 10.1. The number of rotatable bonds is 4. The Hall–Kier alpha value is -3.96. The van der Waals surface area contributed by atoms with Crippen LogP contribution in [0, 0.1) is 0 Å². The Morgan fingerprint density at radius 1 is 0.806 bits per heavy atom. The molecule has 1 N–H and O–H groups in total. The van der Waals surface area contributed by atoms with Gasteiger partial charge in [-0.25, -0.2) is 9.67 Å². The summed E-state index contributed by atoms with van der Waals surface area (Å²) in [6, 6.07) is 30.6. The maximum atomic E-state index is 13.1. The Labute approximate surface area is 183 Å². The molecule has 0 unspecified atom stereocenters. The molecule has 6 heteroatoms. The van der Waals surface area contributed by atoms with E-state index in [9.17, 15) is 4.79 Å². The summed E-state index contributed by atoms with van der Waals surface area (Å²) in [5.74, 6) is 0.272. The number of carbonyl (C=O) groups is 1. The van der Waals surface area contributed by atoms with Crippen LogP contribution in [0.4, 0.5) is 5.69 Å². The molecule has 5 aromatic rings. The number of hydrogen-bond acceptors (Lipinski definition) is 3. The minimum Gasteiger partial charge on any atom is -0.319 e. The van der Waals surface area contributed by atoms with Gasteiger partial charge in [-0.15, -0.1) is 5.10 Å². The molecule has 31 heavy (non-hydrogen) atoms. The summed E-state index contributed by atoms with van der Waals surface area (Å²) in [7, 11) is 0. The lowest BCUT2D eigenvalue weighted by Gasteiger charge is -2.07. The predicted molar refractivity (Wildman–Crippen MR) is 124 cm³/mol. The van der Waals surface area contributed by atoms with Crippen LogP contribution >= 0.6 is 11.6 Å². The Balaban J connectivity index is 1.56. The topological polar surface area (TPSA) is 59.8 Å². The number of aromatic nitrogens is 3. The van der Waals surface area contributed by atoms with Crippen LogP contribution in [0.2, 0.25) is 5.02 Å². The SMILES string of the molecule is O=C(Nc1cccc2ccccc12)c1nc(-c2ccc(Cl)cc2)n(-c2ccccc2)n1. The average molecular weight is 425 g/mol. The van der Waals surface area contributed by atoms with Gasteiger partial charge in [0.1, 0.15) is 0 Å². The van der Waals surface area contributed by atoms with Gasteiger partial charge >= 0.3 is 0 Å². The summed E-state index contributed by atoms with van der Waals surface area (Å²) in [5, 5.41) is 10.1. The van der Waals surface area contributed by atoms with Gasteiger partial charge in [-0.1, -0.05) is 66.2 Å². The largest absolute Gasteiger partial charge is 0.319 e. The molecule has 0 aliphatic rings. The molecule has 0 aliphatic heterocycles.